The van der Waals surface area contributed by atoms with Crippen molar-refractivity contribution in [2.24, 2.45) is 5.73 Å². The minimum Gasteiger partial charge on any atom is -0.493 e. The highest BCUT2D eigenvalue weighted by Crippen LogP contribution is 2.29. The highest BCUT2D eigenvalue weighted by molar-refractivity contribution is 6.04. The number of carbonyl (C=O) groups excluding carboxylic acids is 1. The SMILES string of the molecule is CCCC/C(N)=C(\Cc1ccc(-c2ccccc2C#N)cc1)C(=O)Nc1ccc2c(c1)CCO2. The molecule has 0 saturated carbocycles. The molecule has 0 radical (unpaired) electrons. The summed E-state index contributed by atoms with van der Waals surface area (Å²) in [6, 6.07) is 23.5. The molecule has 1 aliphatic rings. The molecule has 0 bridgehead atoms. The summed E-state index contributed by atoms with van der Waals surface area (Å²) in [7, 11) is 0. The minimum absolute atomic E-state index is 0.175. The number of unbranched alkanes of at least 4 members (excludes halogenated alkanes) is 1. The first-order chi connectivity index (χ1) is 16.6. The summed E-state index contributed by atoms with van der Waals surface area (Å²) in [4.78, 5) is 13.3. The van der Waals surface area contributed by atoms with Crippen LogP contribution in [0.15, 0.2) is 78.0 Å². The van der Waals surface area contributed by atoms with Crippen molar-refractivity contribution < 1.29 is 9.53 Å². The summed E-state index contributed by atoms with van der Waals surface area (Å²) in [5, 5.41) is 12.4. The molecule has 3 aromatic carbocycles. The number of carbonyl (C=O) groups is 1. The number of nitriles is 1. The van der Waals surface area contributed by atoms with Crippen molar-refractivity contribution in [3.63, 3.8) is 0 Å². The monoisotopic (exact) mass is 451 g/mol. The molecule has 0 saturated heterocycles. The topological polar surface area (TPSA) is 88.1 Å². The van der Waals surface area contributed by atoms with E-state index in [0.717, 1.165) is 53.0 Å². The lowest BCUT2D eigenvalue weighted by molar-refractivity contribution is -0.113. The van der Waals surface area contributed by atoms with E-state index < -0.39 is 0 Å². The molecule has 0 aliphatic carbocycles. The molecule has 0 atom stereocenters. The fraction of sp³-hybridized carbons (Fsp3) is 0.241. The summed E-state index contributed by atoms with van der Waals surface area (Å²) < 4.78 is 5.56. The number of anilines is 1. The highest BCUT2D eigenvalue weighted by Gasteiger charge is 2.17. The predicted molar refractivity (Wildman–Crippen MR) is 135 cm³/mol. The first-order valence-corrected chi connectivity index (χ1v) is 11.7. The fourth-order valence-electron chi connectivity index (χ4n) is 4.17. The number of ether oxygens (including phenoxy) is 1. The predicted octanol–water partition coefficient (Wildman–Crippen LogP) is 5.74. The maximum absolute atomic E-state index is 13.3. The Bertz CT molecular complexity index is 1250. The van der Waals surface area contributed by atoms with E-state index in [0.29, 0.717) is 36.3 Å². The van der Waals surface area contributed by atoms with Gasteiger partial charge in [-0.2, -0.15) is 5.26 Å². The normalized spacial score (nSPS) is 12.8. The third-order valence-corrected chi connectivity index (χ3v) is 6.10. The zero-order chi connectivity index (χ0) is 23.9. The highest BCUT2D eigenvalue weighted by atomic mass is 16.5. The zero-order valence-electron chi connectivity index (χ0n) is 19.4. The van der Waals surface area contributed by atoms with Crippen LogP contribution in [0.25, 0.3) is 11.1 Å². The van der Waals surface area contributed by atoms with Crippen LogP contribution in [-0.2, 0) is 17.6 Å². The Hall–Kier alpha value is -4.04. The van der Waals surface area contributed by atoms with Gasteiger partial charge >= 0.3 is 0 Å². The van der Waals surface area contributed by atoms with Gasteiger partial charge in [0.2, 0.25) is 0 Å². The van der Waals surface area contributed by atoms with Crippen molar-refractivity contribution in [3.8, 4) is 22.9 Å². The lowest BCUT2D eigenvalue weighted by Crippen LogP contribution is -2.20. The standard InChI is InChI=1S/C29H29N3O2/c1-2-3-8-27(31)26(29(33)32-24-13-14-28-22(18-24)15-16-34-28)17-20-9-11-21(12-10-20)25-7-5-4-6-23(25)19-30/h4-7,9-14,18H,2-3,8,15-17,31H2,1H3,(H,32,33)/b27-26-. The number of hydrogen-bond acceptors (Lipinski definition) is 4. The molecule has 1 amide bonds. The molecule has 1 heterocycles. The maximum Gasteiger partial charge on any atom is 0.253 e. The van der Waals surface area contributed by atoms with E-state index in [9.17, 15) is 10.1 Å². The molecule has 1 aliphatic heterocycles. The van der Waals surface area contributed by atoms with E-state index in [-0.39, 0.29) is 5.91 Å². The first-order valence-electron chi connectivity index (χ1n) is 11.7. The molecule has 4 rings (SSSR count). The number of nitrogens with two attached hydrogens (primary N) is 1. The van der Waals surface area contributed by atoms with Gasteiger partial charge in [0.25, 0.3) is 5.91 Å². The van der Waals surface area contributed by atoms with Gasteiger partial charge in [0, 0.05) is 29.8 Å². The molecule has 0 fully saturated rings. The molecule has 0 unspecified atom stereocenters. The van der Waals surface area contributed by atoms with Gasteiger partial charge in [-0.25, -0.2) is 0 Å². The number of fused-ring (bicyclic) bond motifs is 1. The quantitative estimate of drug-likeness (QED) is 0.427. The molecular weight excluding hydrogens is 422 g/mol. The number of hydrogen-bond donors (Lipinski definition) is 2. The minimum atomic E-state index is -0.175. The van der Waals surface area contributed by atoms with Crippen LogP contribution >= 0.6 is 0 Å². The average Bonchev–Trinajstić information content (AvgIpc) is 3.34. The summed E-state index contributed by atoms with van der Waals surface area (Å²) in [6.45, 7) is 2.79. The van der Waals surface area contributed by atoms with Crippen molar-refractivity contribution in [2.45, 2.75) is 39.0 Å². The molecule has 3 N–H and O–H groups in total. The van der Waals surface area contributed by atoms with E-state index in [1.54, 1.807) is 0 Å². The number of nitrogens with one attached hydrogen (secondary N) is 1. The van der Waals surface area contributed by atoms with Crippen LogP contribution in [0, 0.1) is 11.3 Å². The van der Waals surface area contributed by atoms with Gasteiger partial charge in [-0.15, -0.1) is 0 Å². The van der Waals surface area contributed by atoms with Crippen LogP contribution in [-0.4, -0.2) is 12.5 Å². The molecule has 5 heteroatoms. The lowest BCUT2D eigenvalue weighted by atomic mass is 9.96. The molecular formula is C29H29N3O2. The Labute approximate surface area is 200 Å². The fourth-order valence-corrected chi connectivity index (χ4v) is 4.17. The van der Waals surface area contributed by atoms with Crippen LogP contribution in [0.1, 0.15) is 42.9 Å². The van der Waals surface area contributed by atoms with Gasteiger partial charge in [-0.3, -0.25) is 4.79 Å². The summed E-state index contributed by atoms with van der Waals surface area (Å²) in [6.07, 6.45) is 3.91. The van der Waals surface area contributed by atoms with Crippen LogP contribution in [0.2, 0.25) is 0 Å². The molecule has 172 valence electrons. The van der Waals surface area contributed by atoms with E-state index >= 15 is 0 Å². The maximum atomic E-state index is 13.3. The van der Waals surface area contributed by atoms with Crippen molar-refractivity contribution in [1.29, 1.82) is 5.26 Å². The number of amides is 1. The van der Waals surface area contributed by atoms with E-state index in [1.165, 1.54) is 0 Å². The van der Waals surface area contributed by atoms with E-state index in [1.807, 2.05) is 66.7 Å². The van der Waals surface area contributed by atoms with E-state index in [2.05, 4.69) is 18.3 Å². The molecule has 5 nitrogen and oxygen atoms in total. The third-order valence-electron chi connectivity index (χ3n) is 6.10. The number of allylic oxidation sites excluding steroid dienone is 1. The van der Waals surface area contributed by atoms with Crippen LogP contribution in [0.4, 0.5) is 5.69 Å². The number of nitrogens with zero attached hydrogens (tertiary/aromatic N) is 1. The lowest BCUT2D eigenvalue weighted by Gasteiger charge is -2.14. The summed E-state index contributed by atoms with van der Waals surface area (Å²) >= 11 is 0. The van der Waals surface area contributed by atoms with Gasteiger partial charge in [0.05, 0.1) is 18.2 Å². The van der Waals surface area contributed by atoms with Crippen LogP contribution in [0.5, 0.6) is 5.75 Å². The van der Waals surface area contributed by atoms with E-state index in [4.69, 9.17) is 10.5 Å². The smallest absolute Gasteiger partial charge is 0.253 e. The summed E-state index contributed by atoms with van der Waals surface area (Å²) in [5.41, 5.74) is 13.0. The Balaban J connectivity index is 1.55. The Morgan fingerprint density at radius 2 is 1.91 bits per heavy atom. The van der Waals surface area contributed by atoms with Gasteiger partial charge in [0.1, 0.15) is 5.75 Å². The van der Waals surface area contributed by atoms with Crippen molar-refractivity contribution in [1.82, 2.24) is 0 Å². The second-order valence-electron chi connectivity index (χ2n) is 8.51. The van der Waals surface area contributed by atoms with Gasteiger partial charge < -0.3 is 15.8 Å². The Morgan fingerprint density at radius 1 is 1.12 bits per heavy atom. The van der Waals surface area contributed by atoms with Crippen molar-refractivity contribution in [3.05, 3.63) is 94.7 Å². The van der Waals surface area contributed by atoms with Crippen molar-refractivity contribution in [2.75, 3.05) is 11.9 Å². The number of rotatable bonds is 8. The molecule has 0 aromatic heterocycles. The van der Waals surface area contributed by atoms with Crippen molar-refractivity contribution >= 4 is 11.6 Å². The molecule has 3 aromatic rings. The number of benzene rings is 3. The molecule has 0 spiro atoms. The third kappa shape index (κ3) is 5.29. The van der Waals surface area contributed by atoms with Gasteiger partial charge in [0.15, 0.2) is 0 Å². The Kier molecular flexibility index (Phi) is 7.29. The van der Waals surface area contributed by atoms with Crippen LogP contribution < -0.4 is 15.8 Å². The average molecular weight is 452 g/mol. The summed E-state index contributed by atoms with van der Waals surface area (Å²) in [5.74, 6) is 0.709. The van der Waals surface area contributed by atoms with Crippen LogP contribution in [0.3, 0.4) is 0 Å². The first kappa shape index (κ1) is 23.1. The van der Waals surface area contributed by atoms with Gasteiger partial charge in [-0.05, 0) is 59.4 Å². The second kappa shape index (κ2) is 10.7. The zero-order valence-corrected chi connectivity index (χ0v) is 19.4. The largest absolute Gasteiger partial charge is 0.493 e. The second-order valence-corrected chi connectivity index (χ2v) is 8.51. The molecule has 34 heavy (non-hydrogen) atoms. The van der Waals surface area contributed by atoms with Gasteiger partial charge in [-0.1, -0.05) is 55.8 Å². The Morgan fingerprint density at radius 3 is 2.68 bits per heavy atom.